The highest BCUT2D eigenvalue weighted by Crippen LogP contribution is 2.35. The summed E-state index contributed by atoms with van der Waals surface area (Å²) in [6.45, 7) is 0. The smallest absolute Gasteiger partial charge is 0.266 e. The number of amides is 2. The van der Waals surface area contributed by atoms with Crippen LogP contribution in [0.2, 0.25) is 5.02 Å². The number of aromatic nitrogens is 1. The second-order valence-electron chi connectivity index (χ2n) is 6.54. The molecular formula is C22H13ClN2O2S2. The molecule has 0 aliphatic carbocycles. The minimum absolute atomic E-state index is 0.285. The number of halogens is 1. The number of nitrogens with zero attached hydrogens (tertiary/aromatic N) is 2. The Balaban J connectivity index is 1.41. The maximum atomic E-state index is 12.7. The van der Waals surface area contributed by atoms with Crippen LogP contribution in [0, 0.1) is 0 Å². The van der Waals surface area contributed by atoms with E-state index in [-0.39, 0.29) is 11.8 Å². The lowest BCUT2D eigenvalue weighted by molar-refractivity contribution is 0.0926. The molecule has 4 aromatic rings. The molecule has 0 saturated carbocycles. The van der Waals surface area contributed by atoms with Gasteiger partial charge in [0.25, 0.3) is 11.8 Å². The maximum absolute atomic E-state index is 12.7. The number of thioether (sulfide) groups is 1. The van der Waals surface area contributed by atoms with Crippen LogP contribution < -0.4 is 4.90 Å². The average molecular weight is 437 g/mol. The van der Waals surface area contributed by atoms with E-state index in [1.165, 1.54) is 10.5 Å². The standard InChI is InChI=1S/C22H13ClN2O2S2/c23-14-7-5-13(6-8-14)12-28-22-24-18-10-9-15(11-19(18)29-22)25-20(26)16-3-1-2-4-17(16)21(25)27/h1-11H,12H2. The first-order chi connectivity index (χ1) is 14.1. The first-order valence-corrected chi connectivity index (χ1v) is 11.0. The van der Waals surface area contributed by atoms with Gasteiger partial charge in [-0.15, -0.1) is 11.3 Å². The molecule has 0 fully saturated rings. The van der Waals surface area contributed by atoms with E-state index in [0.29, 0.717) is 16.8 Å². The van der Waals surface area contributed by atoms with Crippen molar-refractivity contribution in [1.82, 2.24) is 4.98 Å². The first kappa shape index (κ1) is 18.4. The molecule has 1 aromatic heterocycles. The molecule has 3 aromatic carbocycles. The SMILES string of the molecule is O=C1c2ccccc2C(=O)N1c1ccc2nc(SCc3ccc(Cl)cc3)sc2c1. The molecule has 0 saturated heterocycles. The summed E-state index contributed by atoms with van der Waals surface area (Å²) in [5.74, 6) is 0.223. The Hall–Kier alpha value is -2.67. The summed E-state index contributed by atoms with van der Waals surface area (Å²) in [6.07, 6.45) is 0. The summed E-state index contributed by atoms with van der Waals surface area (Å²) < 4.78 is 1.88. The van der Waals surface area contributed by atoms with Gasteiger partial charge in [-0.25, -0.2) is 9.88 Å². The fourth-order valence-corrected chi connectivity index (χ4v) is 5.43. The predicted octanol–water partition coefficient (Wildman–Crippen LogP) is 6.04. The Morgan fingerprint density at radius 2 is 1.62 bits per heavy atom. The van der Waals surface area contributed by atoms with Crippen LogP contribution >= 0.6 is 34.7 Å². The molecule has 2 amide bonds. The Labute approximate surface area is 180 Å². The molecule has 1 aliphatic rings. The van der Waals surface area contributed by atoms with E-state index in [1.54, 1.807) is 53.4 Å². The van der Waals surface area contributed by atoms with E-state index in [2.05, 4.69) is 4.98 Å². The fraction of sp³-hybridized carbons (Fsp3) is 0.0455. The molecule has 0 atom stereocenters. The summed E-state index contributed by atoms with van der Waals surface area (Å²) in [4.78, 5) is 31.3. The third kappa shape index (κ3) is 3.33. The quantitative estimate of drug-likeness (QED) is 0.289. The number of thiazole rings is 1. The lowest BCUT2D eigenvalue weighted by Gasteiger charge is -2.13. The highest BCUT2D eigenvalue weighted by atomic mass is 35.5. The Morgan fingerprint density at radius 1 is 0.931 bits per heavy atom. The largest absolute Gasteiger partial charge is 0.268 e. The van der Waals surface area contributed by atoms with Gasteiger partial charge in [-0.1, -0.05) is 47.6 Å². The zero-order valence-corrected chi connectivity index (χ0v) is 17.4. The van der Waals surface area contributed by atoms with Gasteiger partial charge in [0.1, 0.15) is 0 Å². The van der Waals surface area contributed by atoms with Crippen molar-refractivity contribution >= 4 is 62.4 Å². The number of rotatable bonds is 4. The monoisotopic (exact) mass is 436 g/mol. The molecule has 0 bridgehead atoms. The molecule has 0 radical (unpaired) electrons. The molecular weight excluding hydrogens is 424 g/mol. The summed E-state index contributed by atoms with van der Waals surface area (Å²) in [6, 6.07) is 20.2. The van der Waals surface area contributed by atoms with E-state index < -0.39 is 0 Å². The van der Waals surface area contributed by atoms with Crippen LogP contribution in [-0.2, 0) is 5.75 Å². The van der Waals surface area contributed by atoms with Gasteiger partial charge in [0.15, 0.2) is 4.34 Å². The van der Waals surface area contributed by atoms with E-state index in [4.69, 9.17) is 11.6 Å². The molecule has 7 heteroatoms. The number of hydrogen-bond acceptors (Lipinski definition) is 5. The van der Waals surface area contributed by atoms with Gasteiger partial charge in [-0.2, -0.15) is 0 Å². The summed E-state index contributed by atoms with van der Waals surface area (Å²) in [5.41, 5.74) is 3.49. The second-order valence-corrected chi connectivity index (χ2v) is 9.23. The topological polar surface area (TPSA) is 50.3 Å². The Morgan fingerprint density at radius 3 is 2.31 bits per heavy atom. The van der Waals surface area contributed by atoms with Crippen LogP contribution in [0.3, 0.4) is 0 Å². The Bertz CT molecular complexity index is 1230. The number of benzene rings is 3. The molecule has 1 aliphatic heterocycles. The van der Waals surface area contributed by atoms with Crippen molar-refractivity contribution in [2.75, 3.05) is 4.90 Å². The number of anilines is 1. The molecule has 4 nitrogen and oxygen atoms in total. The summed E-state index contributed by atoms with van der Waals surface area (Å²) in [5, 5.41) is 0.722. The van der Waals surface area contributed by atoms with Crippen molar-refractivity contribution in [3.8, 4) is 0 Å². The maximum Gasteiger partial charge on any atom is 0.266 e. The van der Waals surface area contributed by atoms with Crippen LogP contribution in [0.25, 0.3) is 10.2 Å². The van der Waals surface area contributed by atoms with Crippen LogP contribution in [-0.4, -0.2) is 16.8 Å². The van der Waals surface area contributed by atoms with Crippen molar-refractivity contribution in [1.29, 1.82) is 0 Å². The summed E-state index contributed by atoms with van der Waals surface area (Å²) in [7, 11) is 0. The number of carbonyl (C=O) groups excluding carboxylic acids is 2. The van der Waals surface area contributed by atoms with Crippen LogP contribution in [0.4, 0.5) is 5.69 Å². The highest BCUT2D eigenvalue weighted by Gasteiger charge is 2.36. The molecule has 0 N–H and O–H groups in total. The second kappa shape index (κ2) is 7.30. The van der Waals surface area contributed by atoms with Crippen molar-refractivity contribution in [2.24, 2.45) is 0 Å². The van der Waals surface area contributed by atoms with Crippen molar-refractivity contribution < 1.29 is 9.59 Å². The molecule has 2 heterocycles. The van der Waals surface area contributed by atoms with Crippen molar-refractivity contribution in [3.63, 3.8) is 0 Å². The van der Waals surface area contributed by atoms with E-state index in [9.17, 15) is 9.59 Å². The summed E-state index contributed by atoms with van der Waals surface area (Å²) >= 11 is 9.14. The van der Waals surface area contributed by atoms with Gasteiger partial charge < -0.3 is 0 Å². The number of hydrogen-bond donors (Lipinski definition) is 0. The first-order valence-electron chi connectivity index (χ1n) is 8.86. The third-order valence-corrected chi connectivity index (χ3v) is 7.16. The number of fused-ring (bicyclic) bond motifs is 2. The van der Waals surface area contributed by atoms with Gasteiger partial charge in [-0.3, -0.25) is 9.59 Å². The zero-order valence-electron chi connectivity index (χ0n) is 15.0. The lowest BCUT2D eigenvalue weighted by atomic mass is 10.1. The van der Waals surface area contributed by atoms with E-state index in [0.717, 1.165) is 25.3 Å². The van der Waals surface area contributed by atoms with Gasteiger partial charge in [0, 0.05) is 10.8 Å². The van der Waals surface area contributed by atoms with Gasteiger partial charge >= 0.3 is 0 Å². The molecule has 29 heavy (non-hydrogen) atoms. The van der Waals surface area contributed by atoms with Gasteiger partial charge in [-0.05, 0) is 48.0 Å². The van der Waals surface area contributed by atoms with Crippen LogP contribution in [0.15, 0.2) is 71.1 Å². The molecule has 0 unspecified atom stereocenters. The average Bonchev–Trinajstić information content (AvgIpc) is 3.26. The number of imide groups is 1. The predicted molar refractivity (Wildman–Crippen MR) is 118 cm³/mol. The number of carbonyl (C=O) groups is 2. The normalized spacial score (nSPS) is 13.3. The molecule has 5 rings (SSSR count). The molecule has 142 valence electrons. The Kier molecular flexibility index (Phi) is 4.62. The lowest BCUT2D eigenvalue weighted by Crippen LogP contribution is -2.29. The van der Waals surface area contributed by atoms with Crippen molar-refractivity contribution in [2.45, 2.75) is 10.1 Å². The van der Waals surface area contributed by atoms with Gasteiger partial charge in [0.2, 0.25) is 0 Å². The zero-order chi connectivity index (χ0) is 20.0. The highest BCUT2D eigenvalue weighted by molar-refractivity contribution is 8.00. The van der Waals surface area contributed by atoms with Gasteiger partial charge in [0.05, 0.1) is 27.0 Å². The van der Waals surface area contributed by atoms with E-state index in [1.807, 2.05) is 36.4 Å². The third-order valence-electron chi connectivity index (χ3n) is 4.68. The minimum atomic E-state index is -0.285. The van der Waals surface area contributed by atoms with Crippen LogP contribution in [0.1, 0.15) is 26.3 Å². The molecule has 0 spiro atoms. The fourth-order valence-electron chi connectivity index (χ4n) is 3.24. The van der Waals surface area contributed by atoms with Crippen LogP contribution in [0.5, 0.6) is 0 Å². The van der Waals surface area contributed by atoms with E-state index >= 15 is 0 Å². The van der Waals surface area contributed by atoms with Crippen molar-refractivity contribution in [3.05, 3.63) is 88.4 Å². The minimum Gasteiger partial charge on any atom is -0.268 e.